The molecule has 0 spiro atoms. The zero-order chi connectivity index (χ0) is 24.5. The number of hydrogen-bond acceptors (Lipinski definition) is 7. The fraction of sp³-hybridized carbons (Fsp3) is 0.789. The lowest BCUT2D eigenvalue weighted by atomic mass is 10.4. The quantitative estimate of drug-likeness (QED) is 0.134. The van der Waals surface area contributed by atoms with Crippen LogP contribution in [0.1, 0.15) is 13.3 Å². The normalized spacial score (nSPS) is 14.5. The van der Waals surface area contributed by atoms with Crippen LogP contribution in [0.5, 0.6) is 0 Å². The van der Waals surface area contributed by atoms with Crippen LogP contribution in [0.3, 0.4) is 0 Å². The summed E-state index contributed by atoms with van der Waals surface area (Å²) in [6.45, 7) is 20.7. The number of esters is 1. The molecule has 1 unspecified atom stereocenters. The van der Waals surface area contributed by atoms with Gasteiger partial charge < -0.3 is 28.1 Å². The molecule has 0 saturated heterocycles. The summed E-state index contributed by atoms with van der Waals surface area (Å²) >= 11 is 0. The molecule has 0 aliphatic rings. The molecular formula is C19H43NO7Si4. The molecule has 0 aromatic carbocycles. The van der Waals surface area contributed by atoms with Gasteiger partial charge in [0.1, 0.15) is 12.0 Å². The molecule has 0 fully saturated rings. The summed E-state index contributed by atoms with van der Waals surface area (Å²) in [6, 6.07) is 0. The van der Waals surface area contributed by atoms with Gasteiger partial charge in [0.15, 0.2) is 25.0 Å². The van der Waals surface area contributed by atoms with Crippen molar-refractivity contribution in [2.24, 2.45) is 0 Å². The van der Waals surface area contributed by atoms with Crippen LogP contribution in [0.15, 0.2) is 12.2 Å². The van der Waals surface area contributed by atoms with Crippen LogP contribution in [0.4, 0.5) is 4.79 Å². The maximum atomic E-state index is 12.4. The molecule has 0 aliphatic carbocycles. The number of alkyl carbamates (subject to hydrolysis) is 1. The fourth-order valence-corrected chi connectivity index (χ4v) is 10.7. The minimum atomic E-state index is -2.02. The highest BCUT2D eigenvalue weighted by atomic mass is 28.4. The lowest BCUT2D eigenvalue weighted by Crippen LogP contribution is -2.54. The molecule has 0 bridgehead atoms. The van der Waals surface area contributed by atoms with Crippen molar-refractivity contribution in [2.75, 3.05) is 13.2 Å². The van der Waals surface area contributed by atoms with E-state index in [0.717, 1.165) is 0 Å². The van der Waals surface area contributed by atoms with E-state index in [4.69, 9.17) is 22.8 Å². The van der Waals surface area contributed by atoms with Gasteiger partial charge in [0.25, 0.3) is 0 Å². The van der Waals surface area contributed by atoms with Gasteiger partial charge in [-0.1, -0.05) is 6.08 Å². The highest BCUT2D eigenvalue weighted by Gasteiger charge is 2.40. The maximum Gasteiger partial charge on any atom is 0.409 e. The number of nitrogens with one attached hydrogen (secondary N) is 1. The van der Waals surface area contributed by atoms with Gasteiger partial charge in [-0.25, -0.2) is 9.59 Å². The van der Waals surface area contributed by atoms with E-state index in [1.807, 2.05) is 19.6 Å². The van der Waals surface area contributed by atoms with E-state index in [-0.39, 0.29) is 13.2 Å². The summed E-state index contributed by atoms with van der Waals surface area (Å²) in [5, 5.41) is 2.60. The van der Waals surface area contributed by atoms with Crippen LogP contribution in [0.25, 0.3) is 0 Å². The molecule has 0 aromatic heterocycles. The smallest absolute Gasteiger partial charge is 0.409 e. The van der Waals surface area contributed by atoms with Crippen LogP contribution < -0.4 is 5.32 Å². The molecule has 0 rings (SSSR count). The van der Waals surface area contributed by atoms with E-state index in [1.165, 1.54) is 6.08 Å². The van der Waals surface area contributed by atoms with Crippen LogP contribution in [-0.2, 0) is 27.5 Å². The summed E-state index contributed by atoms with van der Waals surface area (Å²) < 4.78 is 29.6. The molecular weight excluding hydrogens is 467 g/mol. The Bertz CT molecular complexity index is 594. The Hall–Kier alpha value is -0.772. The van der Waals surface area contributed by atoms with E-state index >= 15 is 0 Å². The van der Waals surface area contributed by atoms with Gasteiger partial charge >= 0.3 is 12.1 Å². The molecule has 1 atom stereocenters. The van der Waals surface area contributed by atoms with Gasteiger partial charge in [-0.3, -0.25) is 0 Å². The number of carbonyl (C=O) groups is 2. The first-order valence-corrected chi connectivity index (χ1v) is 21.9. The average molecular weight is 510 g/mol. The van der Waals surface area contributed by atoms with Crippen molar-refractivity contribution in [2.45, 2.75) is 84.0 Å². The zero-order valence-electron chi connectivity index (χ0n) is 21.2. The largest absolute Gasteiger partial charge is 0.461 e. The monoisotopic (exact) mass is 509 g/mol. The van der Waals surface area contributed by atoms with E-state index < -0.39 is 48.7 Å². The third kappa shape index (κ3) is 17.5. The molecule has 0 saturated carbocycles. The van der Waals surface area contributed by atoms with Crippen molar-refractivity contribution >= 4 is 47.3 Å². The average Bonchev–Trinajstić information content (AvgIpc) is 2.45. The van der Waals surface area contributed by atoms with E-state index in [0.29, 0.717) is 16.7 Å². The Balaban J connectivity index is 5.21. The minimum absolute atomic E-state index is 0.0555. The Labute approximate surface area is 194 Å². The lowest BCUT2D eigenvalue weighted by Gasteiger charge is -2.42. The molecule has 31 heavy (non-hydrogen) atoms. The standard InChI is InChI=1S/C19H43NO7Si4/c1-11-12-16(21)23-14-13-20-18(22)24-17(25-29(2,3)4)15-19(28,26-30(5,6)7)27-31(8,9)10/h11-12,17H,13-15H2,1-10,28H3,(H,20,22). The van der Waals surface area contributed by atoms with Crippen molar-refractivity contribution in [3.63, 3.8) is 0 Å². The molecule has 8 nitrogen and oxygen atoms in total. The molecule has 0 heterocycles. The van der Waals surface area contributed by atoms with Gasteiger partial charge in [0, 0.05) is 6.08 Å². The number of amides is 1. The second-order valence-corrected chi connectivity index (χ2v) is 25.3. The third-order valence-electron chi connectivity index (χ3n) is 3.22. The van der Waals surface area contributed by atoms with Gasteiger partial charge in [-0.15, -0.1) is 0 Å². The van der Waals surface area contributed by atoms with Crippen LogP contribution >= 0.6 is 0 Å². The number of ether oxygens (including phenoxy) is 2. The second kappa shape index (κ2) is 12.5. The van der Waals surface area contributed by atoms with E-state index in [1.54, 1.807) is 13.0 Å². The number of allylic oxidation sites excluding steroid dienone is 1. The molecule has 1 amide bonds. The predicted molar refractivity (Wildman–Crippen MR) is 135 cm³/mol. The SMILES string of the molecule is CC=CC(=O)OCCNC(=O)OC(CC([SiH3])(O[Si](C)(C)C)O[Si](C)(C)C)O[Si](C)(C)C. The van der Waals surface area contributed by atoms with Crippen LogP contribution in [0.2, 0.25) is 58.9 Å². The highest BCUT2D eigenvalue weighted by Crippen LogP contribution is 2.28. The Kier molecular flexibility index (Phi) is 12.2. The zero-order valence-corrected chi connectivity index (χ0v) is 26.2. The Morgan fingerprint density at radius 1 is 0.968 bits per heavy atom. The Morgan fingerprint density at radius 3 is 1.90 bits per heavy atom. The van der Waals surface area contributed by atoms with E-state index in [9.17, 15) is 9.59 Å². The first-order valence-electron chi connectivity index (χ1n) is 10.7. The molecule has 12 heteroatoms. The molecule has 1 N–H and O–H groups in total. The highest BCUT2D eigenvalue weighted by molar-refractivity contribution is 6.71. The van der Waals surface area contributed by atoms with E-state index in [2.05, 4.69) is 44.6 Å². The predicted octanol–water partition coefficient (Wildman–Crippen LogP) is 3.12. The molecule has 0 aromatic rings. The summed E-state index contributed by atoms with van der Waals surface area (Å²) in [6.07, 6.45) is 1.81. The first kappa shape index (κ1) is 30.2. The number of hydrogen-bond donors (Lipinski definition) is 1. The van der Waals surface area contributed by atoms with Crippen molar-refractivity contribution in [1.29, 1.82) is 0 Å². The van der Waals surface area contributed by atoms with Gasteiger partial charge in [-0.2, -0.15) is 0 Å². The first-order chi connectivity index (χ1) is 13.8. The maximum absolute atomic E-state index is 12.4. The van der Waals surface area contributed by atoms with Gasteiger partial charge in [0.2, 0.25) is 6.29 Å². The molecule has 0 aliphatic heterocycles. The second-order valence-electron chi connectivity index (χ2n) is 10.4. The lowest BCUT2D eigenvalue weighted by molar-refractivity contribution is -0.138. The fourth-order valence-electron chi connectivity index (χ4n) is 2.85. The summed E-state index contributed by atoms with van der Waals surface area (Å²) in [5.74, 6) is -0.453. The van der Waals surface area contributed by atoms with Crippen molar-refractivity contribution in [3.8, 4) is 0 Å². The topological polar surface area (TPSA) is 92.3 Å². The van der Waals surface area contributed by atoms with Crippen LogP contribution in [0, 0.1) is 0 Å². The van der Waals surface area contributed by atoms with Gasteiger partial charge in [-0.05, 0) is 65.8 Å². The number of rotatable bonds is 13. The summed E-state index contributed by atoms with van der Waals surface area (Å²) in [5.41, 5.74) is -0.790. The van der Waals surface area contributed by atoms with Crippen molar-refractivity contribution < 1.29 is 32.3 Å². The minimum Gasteiger partial charge on any atom is -0.461 e. The van der Waals surface area contributed by atoms with Gasteiger partial charge in [0.05, 0.1) is 23.2 Å². The number of carbonyl (C=O) groups excluding carboxylic acids is 2. The summed E-state index contributed by atoms with van der Waals surface area (Å²) in [7, 11) is -5.26. The molecule has 0 radical (unpaired) electrons. The van der Waals surface area contributed by atoms with Crippen LogP contribution in [-0.4, -0.2) is 72.1 Å². The summed E-state index contributed by atoms with van der Waals surface area (Å²) in [4.78, 5) is 23.7. The third-order valence-corrected chi connectivity index (χ3v) is 7.91. The van der Waals surface area contributed by atoms with Crippen molar-refractivity contribution in [1.82, 2.24) is 5.32 Å². The Morgan fingerprint density at radius 2 is 1.48 bits per heavy atom. The van der Waals surface area contributed by atoms with Crippen molar-refractivity contribution in [3.05, 3.63) is 12.2 Å². The molecule has 182 valence electrons.